The van der Waals surface area contributed by atoms with E-state index >= 15 is 0 Å². The Labute approximate surface area is 170 Å². The molecule has 1 aromatic heterocycles. The zero-order valence-corrected chi connectivity index (χ0v) is 17.6. The molecule has 0 aliphatic carbocycles. The molecule has 1 aromatic carbocycles. The molecule has 2 aromatic rings. The maximum atomic E-state index is 12.8. The van der Waals surface area contributed by atoms with Crippen LogP contribution in [0, 0.1) is 19.1 Å². The molecule has 2 rings (SSSR count). The smallest absolute Gasteiger partial charge is 0.251 e. The van der Waals surface area contributed by atoms with Crippen molar-refractivity contribution >= 4 is 29.3 Å². The molecule has 0 aliphatic rings. The summed E-state index contributed by atoms with van der Waals surface area (Å²) in [5.74, 6) is -0.293. The average Bonchev–Trinajstić information content (AvgIpc) is 2.68. The number of amides is 2. The molecular formula is C21H27N3O3S. The normalized spacial score (nSPS) is 11.7. The van der Waals surface area contributed by atoms with E-state index in [0.29, 0.717) is 5.03 Å². The van der Waals surface area contributed by atoms with Crippen LogP contribution in [-0.2, 0) is 9.59 Å². The molecule has 0 bridgehead atoms. The van der Waals surface area contributed by atoms with Gasteiger partial charge in [0.05, 0.1) is 5.75 Å². The number of aromatic nitrogens is 1. The minimum atomic E-state index is -0.231. The van der Waals surface area contributed by atoms with Crippen LogP contribution in [0.25, 0.3) is 0 Å². The van der Waals surface area contributed by atoms with E-state index < -0.39 is 0 Å². The number of hydrogen-bond acceptors (Lipinski definition) is 4. The van der Waals surface area contributed by atoms with Gasteiger partial charge < -0.3 is 15.4 Å². The third-order valence-electron chi connectivity index (χ3n) is 4.77. The van der Waals surface area contributed by atoms with Crippen LogP contribution in [0.15, 0.2) is 47.6 Å². The van der Waals surface area contributed by atoms with E-state index in [1.807, 2.05) is 45.9 Å². The van der Waals surface area contributed by atoms with Gasteiger partial charge in [-0.2, -0.15) is 4.73 Å². The second kappa shape index (κ2) is 10.1. The Bertz CT molecular complexity index is 841. The molecular weight excluding hydrogens is 374 g/mol. The largest absolute Gasteiger partial charge is 0.618 e. The Kier molecular flexibility index (Phi) is 7.87. The van der Waals surface area contributed by atoms with Crippen LogP contribution in [-0.4, -0.2) is 35.1 Å². The lowest BCUT2D eigenvalue weighted by molar-refractivity contribution is -0.645. The van der Waals surface area contributed by atoms with Gasteiger partial charge in [0.1, 0.15) is 6.54 Å². The number of carbonyl (C=O) groups excluding carboxylic acids is 2. The summed E-state index contributed by atoms with van der Waals surface area (Å²) in [6, 6.07) is 10.7. The highest BCUT2D eigenvalue weighted by Gasteiger charge is 2.23. The summed E-state index contributed by atoms with van der Waals surface area (Å²) in [5.41, 5.74) is 2.86. The lowest BCUT2D eigenvalue weighted by atomic mass is 10.1. The van der Waals surface area contributed by atoms with Crippen molar-refractivity contribution in [2.45, 2.75) is 45.2 Å². The predicted octanol–water partition coefficient (Wildman–Crippen LogP) is 3.29. The van der Waals surface area contributed by atoms with Gasteiger partial charge >= 0.3 is 0 Å². The summed E-state index contributed by atoms with van der Waals surface area (Å²) < 4.78 is 0.735. The van der Waals surface area contributed by atoms with Gasteiger partial charge in [-0.1, -0.05) is 19.1 Å². The molecule has 0 fully saturated rings. The second-order valence-electron chi connectivity index (χ2n) is 6.73. The summed E-state index contributed by atoms with van der Waals surface area (Å²) in [4.78, 5) is 26.9. The molecule has 0 radical (unpaired) electrons. The predicted molar refractivity (Wildman–Crippen MR) is 112 cm³/mol. The van der Waals surface area contributed by atoms with Crippen LogP contribution in [0.5, 0.6) is 0 Å². The summed E-state index contributed by atoms with van der Waals surface area (Å²) in [6.45, 7) is 7.82. The molecule has 0 aliphatic heterocycles. The van der Waals surface area contributed by atoms with Crippen molar-refractivity contribution in [1.29, 1.82) is 0 Å². The van der Waals surface area contributed by atoms with Crippen molar-refractivity contribution in [3.05, 3.63) is 58.9 Å². The van der Waals surface area contributed by atoms with E-state index in [2.05, 4.69) is 5.32 Å². The summed E-state index contributed by atoms with van der Waals surface area (Å²) in [7, 11) is 0. The van der Waals surface area contributed by atoms with Crippen molar-refractivity contribution in [2.75, 3.05) is 17.6 Å². The molecule has 0 saturated carbocycles. The van der Waals surface area contributed by atoms with Gasteiger partial charge in [-0.05, 0) is 62.2 Å². The Hall–Kier alpha value is -2.54. The summed E-state index contributed by atoms with van der Waals surface area (Å²) in [5, 5.41) is 15.1. The maximum absolute atomic E-state index is 12.8. The van der Waals surface area contributed by atoms with Crippen LogP contribution >= 0.6 is 11.8 Å². The van der Waals surface area contributed by atoms with Crippen LogP contribution in [0.3, 0.4) is 0 Å². The van der Waals surface area contributed by atoms with E-state index in [-0.39, 0.29) is 30.2 Å². The first-order valence-electron chi connectivity index (χ1n) is 9.30. The van der Waals surface area contributed by atoms with Crippen molar-refractivity contribution in [2.24, 2.45) is 0 Å². The monoisotopic (exact) mass is 401 g/mol. The molecule has 0 unspecified atom stereocenters. The van der Waals surface area contributed by atoms with Gasteiger partial charge in [-0.3, -0.25) is 9.59 Å². The zero-order chi connectivity index (χ0) is 20.7. The van der Waals surface area contributed by atoms with Gasteiger partial charge in [0.25, 0.3) is 5.03 Å². The van der Waals surface area contributed by atoms with Crippen molar-refractivity contribution in [3.63, 3.8) is 0 Å². The van der Waals surface area contributed by atoms with E-state index in [1.54, 1.807) is 23.1 Å². The fourth-order valence-corrected chi connectivity index (χ4v) is 3.48. The van der Waals surface area contributed by atoms with E-state index in [1.165, 1.54) is 18.0 Å². The molecule has 1 heterocycles. The van der Waals surface area contributed by atoms with E-state index in [0.717, 1.165) is 28.0 Å². The van der Waals surface area contributed by atoms with Gasteiger partial charge in [-0.15, -0.1) is 0 Å². The number of nitrogens with zero attached hydrogens (tertiary/aromatic N) is 2. The minimum Gasteiger partial charge on any atom is -0.618 e. The lowest BCUT2D eigenvalue weighted by Gasteiger charge is -2.28. The molecule has 1 atom stereocenters. The quantitative estimate of drug-likeness (QED) is 0.418. The molecule has 0 spiro atoms. The van der Waals surface area contributed by atoms with E-state index in [9.17, 15) is 14.8 Å². The molecule has 6 nitrogen and oxygen atoms in total. The van der Waals surface area contributed by atoms with Crippen LogP contribution < -0.4 is 10.0 Å². The molecule has 7 heteroatoms. The highest BCUT2D eigenvalue weighted by molar-refractivity contribution is 7.99. The van der Waals surface area contributed by atoms with Crippen molar-refractivity contribution in [1.82, 2.24) is 4.90 Å². The van der Waals surface area contributed by atoms with E-state index in [4.69, 9.17) is 0 Å². The van der Waals surface area contributed by atoms with Crippen LogP contribution in [0.1, 0.15) is 31.4 Å². The van der Waals surface area contributed by atoms with Crippen molar-refractivity contribution < 1.29 is 14.3 Å². The fraction of sp³-hybridized carbons (Fsp3) is 0.381. The summed E-state index contributed by atoms with van der Waals surface area (Å²) >= 11 is 1.17. The van der Waals surface area contributed by atoms with Gasteiger partial charge in [0.15, 0.2) is 6.20 Å². The minimum absolute atomic E-state index is 0.0199. The Morgan fingerprint density at radius 1 is 1.21 bits per heavy atom. The molecule has 28 heavy (non-hydrogen) atoms. The maximum Gasteiger partial charge on any atom is 0.251 e. The summed E-state index contributed by atoms with van der Waals surface area (Å²) in [6.07, 6.45) is 2.14. The SMILES string of the molecule is CC[C@@H](C)N(CC(=O)Nc1cccc(C)c1C)C(=O)CSc1cccc[n+]1[O-]. The number of carbonyl (C=O) groups is 2. The first-order chi connectivity index (χ1) is 13.3. The molecule has 2 amide bonds. The third kappa shape index (κ3) is 5.73. The molecule has 1 N–H and O–H groups in total. The van der Waals surface area contributed by atoms with Crippen LogP contribution in [0.4, 0.5) is 5.69 Å². The number of nitrogens with one attached hydrogen (secondary N) is 1. The van der Waals surface area contributed by atoms with Crippen LogP contribution in [0.2, 0.25) is 0 Å². The standard InChI is InChI=1S/C21H27N3O3S/c1-5-16(3)23(20(26)14-28-21-11-6-7-12-24(21)27)13-19(25)22-18-10-8-9-15(2)17(18)4/h6-12,16H,5,13-14H2,1-4H3,(H,22,25)/t16-/m1/s1. The first-order valence-corrected chi connectivity index (χ1v) is 10.3. The lowest BCUT2D eigenvalue weighted by Crippen LogP contribution is -2.44. The number of benzene rings is 1. The number of hydrogen-bond donors (Lipinski definition) is 1. The highest BCUT2D eigenvalue weighted by Crippen LogP contribution is 2.19. The first kappa shape index (κ1) is 21.8. The Morgan fingerprint density at radius 3 is 2.64 bits per heavy atom. The van der Waals surface area contributed by atoms with Crippen molar-refractivity contribution in [3.8, 4) is 0 Å². The third-order valence-corrected chi connectivity index (χ3v) is 5.77. The Balaban J connectivity index is 2.04. The van der Waals surface area contributed by atoms with Gasteiger partial charge in [-0.25, -0.2) is 0 Å². The molecule has 150 valence electrons. The Morgan fingerprint density at radius 2 is 1.96 bits per heavy atom. The highest BCUT2D eigenvalue weighted by atomic mass is 32.2. The van der Waals surface area contributed by atoms with Gasteiger partial charge in [0.2, 0.25) is 11.8 Å². The zero-order valence-electron chi connectivity index (χ0n) is 16.8. The second-order valence-corrected chi connectivity index (χ2v) is 7.72. The number of anilines is 1. The number of pyridine rings is 1. The number of aryl methyl sites for hydroxylation is 1. The molecule has 0 saturated heterocycles. The number of thioether (sulfide) groups is 1. The topological polar surface area (TPSA) is 76.4 Å². The average molecular weight is 402 g/mol. The number of rotatable bonds is 8. The fourth-order valence-electron chi connectivity index (χ4n) is 2.68. The van der Waals surface area contributed by atoms with Gasteiger partial charge in [0, 0.05) is 23.9 Å².